The second-order valence-electron chi connectivity index (χ2n) is 6.83. The third-order valence-electron chi connectivity index (χ3n) is 4.73. The van der Waals surface area contributed by atoms with Crippen LogP contribution in [0.5, 0.6) is 17.2 Å². The average molecular weight is 434 g/mol. The fourth-order valence-corrected chi connectivity index (χ4v) is 3.16. The van der Waals surface area contributed by atoms with E-state index in [-0.39, 0.29) is 23.5 Å². The Hall–Kier alpha value is -3.80. The minimum absolute atomic E-state index is 0.0862. The molecular formula is C26H26O6. The summed E-state index contributed by atoms with van der Waals surface area (Å²) in [6.07, 6.45) is 0. The fourth-order valence-electron chi connectivity index (χ4n) is 3.16. The molecule has 32 heavy (non-hydrogen) atoms. The van der Waals surface area contributed by atoms with Gasteiger partial charge in [-0.25, -0.2) is 4.79 Å². The molecule has 0 N–H and O–H groups in total. The van der Waals surface area contributed by atoms with E-state index in [9.17, 15) is 9.59 Å². The molecule has 0 amide bonds. The first kappa shape index (κ1) is 22.9. The quantitative estimate of drug-likeness (QED) is 0.327. The first-order valence-corrected chi connectivity index (χ1v) is 10.4. The van der Waals surface area contributed by atoms with Gasteiger partial charge in [-0.3, -0.25) is 4.79 Å². The van der Waals surface area contributed by atoms with Gasteiger partial charge < -0.3 is 18.9 Å². The van der Waals surface area contributed by atoms with Gasteiger partial charge in [-0.05, 0) is 55.8 Å². The Morgan fingerprint density at radius 1 is 0.781 bits per heavy atom. The van der Waals surface area contributed by atoms with Gasteiger partial charge in [-0.2, -0.15) is 0 Å². The first-order valence-electron chi connectivity index (χ1n) is 10.4. The van der Waals surface area contributed by atoms with Crippen molar-refractivity contribution in [3.8, 4) is 17.2 Å². The molecule has 0 bridgehead atoms. The number of benzene rings is 3. The summed E-state index contributed by atoms with van der Waals surface area (Å²) in [6, 6.07) is 18.8. The monoisotopic (exact) mass is 434 g/mol. The standard InChI is InChI=1S/C26H26O6/c1-4-30-23-15-12-19(16-24(23)31-5-2)25(27)21-8-6-7-9-22(21)26(28)32-17-18-10-13-20(29-3)14-11-18/h6-16H,4-5,17H2,1-3H3. The third-order valence-corrected chi connectivity index (χ3v) is 4.73. The van der Waals surface area contributed by atoms with E-state index in [0.29, 0.717) is 30.3 Å². The largest absolute Gasteiger partial charge is 0.497 e. The summed E-state index contributed by atoms with van der Waals surface area (Å²) in [5.74, 6) is 0.905. The van der Waals surface area contributed by atoms with Crippen molar-refractivity contribution in [1.29, 1.82) is 0 Å². The summed E-state index contributed by atoms with van der Waals surface area (Å²) in [6.45, 7) is 4.74. The molecule has 0 aromatic heterocycles. The van der Waals surface area contributed by atoms with Gasteiger partial charge in [0.05, 0.1) is 25.9 Å². The zero-order chi connectivity index (χ0) is 22.9. The van der Waals surface area contributed by atoms with Crippen LogP contribution in [0.2, 0.25) is 0 Å². The average Bonchev–Trinajstić information content (AvgIpc) is 2.83. The van der Waals surface area contributed by atoms with Crippen LogP contribution in [0, 0.1) is 0 Å². The van der Waals surface area contributed by atoms with Crippen LogP contribution in [-0.2, 0) is 11.3 Å². The smallest absolute Gasteiger partial charge is 0.339 e. The van der Waals surface area contributed by atoms with Gasteiger partial charge in [0.15, 0.2) is 17.3 Å². The highest BCUT2D eigenvalue weighted by atomic mass is 16.5. The van der Waals surface area contributed by atoms with Gasteiger partial charge in [0.1, 0.15) is 12.4 Å². The molecule has 0 atom stereocenters. The van der Waals surface area contributed by atoms with E-state index in [1.54, 1.807) is 61.7 Å². The molecule has 0 spiro atoms. The van der Waals surface area contributed by atoms with Crippen molar-refractivity contribution >= 4 is 11.8 Å². The van der Waals surface area contributed by atoms with Crippen molar-refractivity contribution in [3.63, 3.8) is 0 Å². The van der Waals surface area contributed by atoms with Crippen LogP contribution in [0.1, 0.15) is 45.7 Å². The molecule has 0 saturated carbocycles. The van der Waals surface area contributed by atoms with E-state index in [1.165, 1.54) is 0 Å². The summed E-state index contributed by atoms with van der Waals surface area (Å²) in [4.78, 5) is 26.0. The third kappa shape index (κ3) is 5.46. The minimum atomic E-state index is -0.569. The molecule has 0 saturated heterocycles. The lowest BCUT2D eigenvalue weighted by Gasteiger charge is -2.13. The maximum absolute atomic E-state index is 13.2. The zero-order valence-electron chi connectivity index (χ0n) is 18.4. The predicted molar refractivity (Wildman–Crippen MR) is 121 cm³/mol. The highest BCUT2D eigenvalue weighted by molar-refractivity contribution is 6.14. The molecule has 3 aromatic rings. The Morgan fingerprint density at radius 2 is 1.44 bits per heavy atom. The number of hydrogen-bond acceptors (Lipinski definition) is 6. The molecule has 0 unspecified atom stereocenters. The van der Waals surface area contributed by atoms with E-state index < -0.39 is 5.97 Å². The van der Waals surface area contributed by atoms with Crippen LogP contribution < -0.4 is 14.2 Å². The summed E-state index contributed by atoms with van der Waals surface area (Å²) >= 11 is 0. The molecule has 0 fully saturated rings. The maximum atomic E-state index is 13.2. The van der Waals surface area contributed by atoms with Crippen LogP contribution >= 0.6 is 0 Å². The van der Waals surface area contributed by atoms with Crippen molar-refractivity contribution in [2.75, 3.05) is 20.3 Å². The summed E-state index contributed by atoms with van der Waals surface area (Å²) in [5.41, 5.74) is 1.68. The number of ether oxygens (including phenoxy) is 4. The Morgan fingerprint density at radius 3 is 2.09 bits per heavy atom. The van der Waals surface area contributed by atoms with Gasteiger partial charge in [0.2, 0.25) is 0 Å². The van der Waals surface area contributed by atoms with E-state index in [4.69, 9.17) is 18.9 Å². The van der Waals surface area contributed by atoms with Gasteiger partial charge >= 0.3 is 5.97 Å². The van der Waals surface area contributed by atoms with Crippen molar-refractivity contribution < 1.29 is 28.5 Å². The van der Waals surface area contributed by atoms with Crippen LogP contribution in [-0.4, -0.2) is 32.1 Å². The number of rotatable bonds is 10. The van der Waals surface area contributed by atoms with Gasteiger partial charge in [-0.1, -0.05) is 30.3 Å². The van der Waals surface area contributed by atoms with Crippen molar-refractivity contribution in [3.05, 3.63) is 89.0 Å². The lowest BCUT2D eigenvalue weighted by Crippen LogP contribution is -2.13. The van der Waals surface area contributed by atoms with E-state index in [1.807, 2.05) is 26.0 Å². The molecule has 0 aliphatic heterocycles. The van der Waals surface area contributed by atoms with E-state index in [2.05, 4.69) is 0 Å². The molecular weight excluding hydrogens is 408 g/mol. The molecule has 0 aliphatic carbocycles. The van der Waals surface area contributed by atoms with Crippen LogP contribution in [0.3, 0.4) is 0 Å². The summed E-state index contributed by atoms with van der Waals surface area (Å²) in [7, 11) is 1.59. The number of ketones is 1. The van der Waals surface area contributed by atoms with E-state index >= 15 is 0 Å². The Bertz CT molecular complexity index is 1070. The number of carbonyl (C=O) groups excluding carboxylic acids is 2. The van der Waals surface area contributed by atoms with Crippen molar-refractivity contribution in [2.45, 2.75) is 20.5 Å². The Kier molecular flexibility index (Phi) is 7.86. The normalized spacial score (nSPS) is 10.3. The number of methoxy groups -OCH3 is 1. The fraction of sp³-hybridized carbons (Fsp3) is 0.231. The van der Waals surface area contributed by atoms with Gasteiger partial charge in [-0.15, -0.1) is 0 Å². The number of hydrogen-bond donors (Lipinski definition) is 0. The summed E-state index contributed by atoms with van der Waals surface area (Å²) in [5, 5.41) is 0. The molecule has 166 valence electrons. The van der Waals surface area contributed by atoms with Crippen molar-refractivity contribution in [2.24, 2.45) is 0 Å². The Labute approximate surface area is 187 Å². The minimum Gasteiger partial charge on any atom is -0.497 e. The van der Waals surface area contributed by atoms with Crippen molar-refractivity contribution in [1.82, 2.24) is 0 Å². The molecule has 3 aromatic carbocycles. The predicted octanol–water partition coefficient (Wildman–Crippen LogP) is 5.08. The topological polar surface area (TPSA) is 71.1 Å². The molecule has 3 rings (SSSR count). The van der Waals surface area contributed by atoms with Crippen LogP contribution in [0.15, 0.2) is 66.7 Å². The molecule has 6 nitrogen and oxygen atoms in total. The summed E-state index contributed by atoms with van der Waals surface area (Å²) < 4.78 is 21.8. The lowest BCUT2D eigenvalue weighted by molar-refractivity contribution is 0.0470. The van der Waals surface area contributed by atoms with Gasteiger partial charge in [0, 0.05) is 11.1 Å². The SMILES string of the molecule is CCOc1ccc(C(=O)c2ccccc2C(=O)OCc2ccc(OC)cc2)cc1OCC. The molecule has 0 heterocycles. The maximum Gasteiger partial charge on any atom is 0.339 e. The molecule has 0 radical (unpaired) electrons. The van der Waals surface area contributed by atoms with Crippen LogP contribution in [0.25, 0.3) is 0 Å². The number of carbonyl (C=O) groups is 2. The Balaban J connectivity index is 1.81. The zero-order valence-corrected chi connectivity index (χ0v) is 18.4. The van der Waals surface area contributed by atoms with E-state index in [0.717, 1.165) is 11.3 Å². The molecule has 0 aliphatic rings. The highest BCUT2D eigenvalue weighted by Crippen LogP contribution is 2.30. The lowest BCUT2D eigenvalue weighted by atomic mass is 9.98. The highest BCUT2D eigenvalue weighted by Gasteiger charge is 2.20. The second-order valence-corrected chi connectivity index (χ2v) is 6.83. The molecule has 6 heteroatoms. The van der Waals surface area contributed by atoms with Crippen LogP contribution in [0.4, 0.5) is 0 Å². The van der Waals surface area contributed by atoms with Gasteiger partial charge in [0.25, 0.3) is 0 Å². The number of esters is 1. The second kappa shape index (κ2) is 11.0. The first-order chi connectivity index (χ1) is 15.6.